The number of nitro groups is 1. The van der Waals surface area contributed by atoms with Gasteiger partial charge in [-0.3, -0.25) is 15.1 Å². The van der Waals surface area contributed by atoms with Crippen LogP contribution in [0.4, 0.5) is 5.69 Å². The van der Waals surface area contributed by atoms with Crippen molar-refractivity contribution in [2.75, 3.05) is 0 Å². The highest BCUT2D eigenvalue weighted by atomic mass is 16.6. The fourth-order valence-electron chi connectivity index (χ4n) is 2.39. The normalized spacial score (nSPS) is 10.4. The van der Waals surface area contributed by atoms with Gasteiger partial charge in [0.1, 0.15) is 0 Å². The van der Waals surface area contributed by atoms with Crippen LogP contribution < -0.4 is 4.57 Å². The molecule has 5 heteroatoms. The topological polar surface area (TPSA) is 59.9 Å². The van der Waals surface area contributed by atoms with Gasteiger partial charge in [-0.05, 0) is 23.8 Å². The monoisotopic (exact) mass is 306 g/mol. The lowest BCUT2D eigenvalue weighted by Gasteiger charge is -2.01. The number of rotatable bonds is 5. The second kappa shape index (κ2) is 6.79. The average Bonchev–Trinajstić information content (AvgIpc) is 2.61. The van der Waals surface area contributed by atoms with E-state index in [4.69, 9.17) is 0 Å². The van der Waals surface area contributed by atoms with Crippen LogP contribution in [-0.2, 0) is 13.0 Å². The molecule has 2 aromatic heterocycles. The van der Waals surface area contributed by atoms with Gasteiger partial charge >= 0.3 is 0 Å². The molecular formula is C18H16N3O2+. The summed E-state index contributed by atoms with van der Waals surface area (Å²) in [5.41, 5.74) is 3.21. The molecule has 3 aromatic rings. The van der Waals surface area contributed by atoms with Crippen LogP contribution in [0.25, 0.3) is 11.3 Å². The van der Waals surface area contributed by atoms with E-state index in [-0.39, 0.29) is 10.6 Å². The molecule has 23 heavy (non-hydrogen) atoms. The molecule has 0 unspecified atom stereocenters. The SMILES string of the molecule is O=[N+]([O-])c1ccc(CC[n+]2cccc(-c3ccccn3)c2)cc1. The first-order chi connectivity index (χ1) is 11.2. The first-order valence-electron chi connectivity index (χ1n) is 7.36. The Hall–Kier alpha value is -3.08. The van der Waals surface area contributed by atoms with Crippen LogP contribution in [0.5, 0.6) is 0 Å². The molecule has 0 bridgehead atoms. The Bertz CT molecular complexity index is 802. The lowest BCUT2D eigenvalue weighted by molar-refractivity contribution is -0.696. The maximum absolute atomic E-state index is 10.7. The quantitative estimate of drug-likeness (QED) is 0.413. The molecule has 0 saturated heterocycles. The maximum Gasteiger partial charge on any atom is 0.269 e. The van der Waals surface area contributed by atoms with Crippen LogP contribution in [0, 0.1) is 10.1 Å². The van der Waals surface area contributed by atoms with Gasteiger partial charge in [0.15, 0.2) is 18.9 Å². The van der Waals surface area contributed by atoms with Crippen LogP contribution in [0.15, 0.2) is 73.2 Å². The van der Waals surface area contributed by atoms with Crippen LogP contribution >= 0.6 is 0 Å². The smallest absolute Gasteiger partial charge is 0.258 e. The van der Waals surface area contributed by atoms with Gasteiger partial charge in [-0.25, -0.2) is 4.57 Å². The summed E-state index contributed by atoms with van der Waals surface area (Å²) in [7, 11) is 0. The van der Waals surface area contributed by atoms with Crippen molar-refractivity contribution in [3.8, 4) is 11.3 Å². The van der Waals surface area contributed by atoms with Crippen molar-refractivity contribution in [2.45, 2.75) is 13.0 Å². The van der Waals surface area contributed by atoms with Gasteiger partial charge < -0.3 is 0 Å². The van der Waals surface area contributed by atoms with E-state index in [1.165, 1.54) is 0 Å². The summed E-state index contributed by atoms with van der Waals surface area (Å²) < 4.78 is 2.10. The number of nitro benzene ring substituents is 1. The molecular weight excluding hydrogens is 290 g/mol. The van der Waals surface area contributed by atoms with Crippen molar-refractivity contribution in [3.05, 3.63) is 88.9 Å². The number of nitrogens with zero attached hydrogens (tertiary/aromatic N) is 3. The molecule has 0 spiro atoms. The van der Waals surface area contributed by atoms with Gasteiger partial charge in [-0.15, -0.1) is 0 Å². The van der Waals surface area contributed by atoms with Gasteiger partial charge in [0.2, 0.25) is 0 Å². The number of hydrogen-bond acceptors (Lipinski definition) is 3. The molecule has 0 N–H and O–H groups in total. The number of pyridine rings is 2. The molecule has 0 atom stereocenters. The second-order valence-corrected chi connectivity index (χ2v) is 5.22. The van der Waals surface area contributed by atoms with Crippen molar-refractivity contribution in [3.63, 3.8) is 0 Å². The van der Waals surface area contributed by atoms with Crippen LogP contribution in [0.3, 0.4) is 0 Å². The zero-order chi connectivity index (χ0) is 16.1. The second-order valence-electron chi connectivity index (χ2n) is 5.22. The Balaban J connectivity index is 1.70. The van der Waals surface area contributed by atoms with E-state index in [2.05, 4.69) is 15.7 Å². The molecule has 0 aliphatic heterocycles. The Morgan fingerprint density at radius 3 is 2.57 bits per heavy atom. The minimum Gasteiger partial charge on any atom is -0.258 e. The number of aromatic nitrogens is 2. The standard InChI is InChI=1S/C18H16N3O2/c22-21(23)17-8-6-15(7-9-17)10-13-20-12-3-4-16(14-20)18-5-1-2-11-19-18/h1-9,11-12,14H,10,13H2/q+1. The molecule has 3 rings (SSSR count). The highest BCUT2D eigenvalue weighted by Gasteiger charge is 2.08. The molecule has 114 valence electrons. The number of non-ortho nitro benzene ring substituents is 1. The maximum atomic E-state index is 10.7. The Kier molecular flexibility index (Phi) is 4.38. The van der Waals surface area contributed by atoms with Crippen LogP contribution in [0.2, 0.25) is 0 Å². The van der Waals surface area contributed by atoms with E-state index < -0.39 is 0 Å². The molecule has 5 nitrogen and oxygen atoms in total. The van der Waals surface area contributed by atoms with Crippen molar-refractivity contribution >= 4 is 5.69 Å². The van der Waals surface area contributed by atoms with Gasteiger partial charge in [-0.1, -0.05) is 18.2 Å². The summed E-state index contributed by atoms with van der Waals surface area (Å²) in [5, 5.41) is 10.7. The predicted octanol–water partition coefficient (Wildman–Crippen LogP) is 3.19. The molecule has 1 aromatic carbocycles. The third-order valence-corrected chi connectivity index (χ3v) is 3.62. The molecule has 0 saturated carbocycles. The molecule has 0 fully saturated rings. The van der Waals surface area contributed by atoms with Gasteiger partial charge in [0.25, 0.3) is 5.69 Å². The van der Waals surface area contributed by atoms with E-state index >= 15 is 0 Å². The summed E-state index contributed by atoms with van der Waals surface area (Å²) in [6.45, 7) is 0.804. The van der Waals surface area contributed by atoms with Crippen molar-refractivity contribution < 1.29 is 9.49 Å². The fourth-order valence-corrected chi connectivity index (χ4v) is 2.39. The highest BCUT2D eigenvalue weighted by molar-refractivity contribution is 5.56. The molecule has 2 heterocycles. The summed E-state index contributed by atoms with van der Waals surface area (Å²) in [4.78, 5) is 14.6. The average molecular weight is 306 g/mol. The first-order valence-corrected chi connectivity index (χ1v) is 7.36. The largest absolute Gasteiger partial charge is 0.269 e. The summed E-state index contributed by atoms with van der Waals surface area (Å²) >= 11 is 0. The van der Waals surface area contributed by atoms with Crippen LogP contribution in [-0.4, -0.2) is 9.91 Å². The van der Waals surface area contributed by atoms with Crippen molar-refractivity contribution in [2.24, 2.45) is 0 Å². The predicted molar refractivity (Wildman–Crippen MR) is 86.7 cm³/mol. The Labute approximate surface area is 134 Å². The van der Waals surface area contributed by atoms with E-state index in [1.54, 1.807) is 30.5 Å². The Morgan fingerprint density at radius 2 is 1.87 bits per heavy atom. The number of benzene rings is 1. The summed E-state index contributed by atoms with van der Waals surface area (Å²) in [6.07, 6.45) is 6.67. The summed E-state index contributed by atoms with van der Waals surface area (Å²) in [5.74, 6) is 0. The van der Waals surface area contributed by atoms with E-state index in [1.807, 2.05) is 36.5 Å². The molecule has 0 radical (unpaired) electrons. The molecule has 0 aliphatic carbocycles. The highest BCUT2D eigenvalue weighted by Crippen LogP contribution is 2.14. The van der Waals surface area contributed by atoms with Crippen molar-refractivity contribution in [1.82, 2.24) is 4.98 Å². The minimum atomic E-state index is -0.380. The number of hydrogen-bond donors (Lipinski definition) is 0. The molecule has 0 amide bonds. The van der Waals surface area contributed by atoms with Gasteiger partial charge in [0, 0.05) is 30.8 Å². The lowest BCUT2D eigenvalue weighted by Crippen LogP contribution is -2.33. The van der Waals surface area contributed by atoms with Gasteiger partial charge in [-0.2, -0.15) is 0 Å². The molecule has 0 aliphatic rings. The summed E-state index contributed by atoms with van der Waals surface area (Å²) in [6, 6.07) is 16.6. The van der Waals surface area contributed by atoms with Gasteiger partial charge in [0.05, 0.1) is 16.2 Å². The Morgan fingerprint density at radius 1 is 1.04 bits per heavy atom. The van der Waals surface area contributed by atoms with Crippen molar-refractivity contribution in [1.29, 1.82) is 0 Å². The minimum absolute atomic E-state index is 0.124. The zero-order valence-electron chi connectivity index (χ0n) is 12.5. The van der Waals surface area contributed by atoms with E-state index in [9.17, 15) is 10.1 Å². The van der Waals surface area contributed by atoms with E-state index in [0.717, 1.165) is 29.8 Å². The third kappa shape index (κ3) is 3.77. The lowest BCUT2D eigenvalue weighted by atomic mass is 10.1. The first kappa shape index (κ1) is 14.8. The fraction of sp³-hybridized carbons (Fsp3) is 0.111. The zero-order valence-corrected chi connectivity index (χ0v) is 12.5. The number of aryl methyl sites for hydroxylation is 2. The van der Waals surface area contributed by atoms with E-state index in [0.29, 0.717) is 0 Å². The van der Waals surface area contributed by atoms with Crippen LogP contribution in [0.1, 0.15) is 5.56 Å². The third-order valence-electron chi connectivity index (χ3n) is 3.62.